The number of nitrogens with zero attached hydrogens (tertiary/aromatic N) is 1. The molecule has 0 amide bonds. The van der Waals surface area contributed by atoms with Crippen molar-refractivity contribution < 1.29 is 0 Å². The third-order valence-corrected chi connectivity index (χ3v) is 4.19. The van der Waals surface area contributed by atoms with E-state index < -0.39 is 0 Å². The average Bonchev–Trinajstić information content (AvgIpc) is 2.84. The summed E-state index contributed by atoms with van der Waals surface area (Å²) in [5, 5.41) is 3.28. The lowest BCUT2D eigenvalue weighted by molar-refractivity contribution is 0.458. The summed E-state index contributed by atoms with van der Waals surface area (Å²) in [4.78, 5) is 4.65. The quantitative estimate of drug-likeness (QED) is 0.795. The van der Waals surface area contributed by atoms with Gasteiger partial charge in [-0.25, -0.2) is 4.98 Å². The monoisotopic (exact) mass is 222 g/mol. The average molecular weight is 222 g/mol. The molecule has 0 saturated heterocycles. The van der Waals surface area contributed by atoms with Crippen LogP contribution in [0.3, 0.4) is 0 Å². The fraction of sp³-hybridized carbons (Fsp3) is 0.583. The van der Waals surface area contributed by atoms with Crippen molar-refractivity contribution in [3.63, 3.8) is 0 Å². The van der Waals surface area contributed by atoms with E-state index in [-0.39, 0.29) is 5.54 Å². The van der Waals surface area contributed by atoms with Gasteiger partial charge in [0.05, 0.1) is 11.2 Å². The summed E-state index contributed by atoms with van der Waals surface area (Å²) in [7, 11) is 0. The summed E-state index contributed by atoms with van der Waals surface area (Å²) in [5.41, 5.74) is 7.41. The van der Waals surface area contributed by atoms with Gasteiger partial charge in [0, 0.05) is 5.38 Å². The SMILES string of the molecule is C=CCCc1csc(C2(N)CCCC2)n1. The second-order valence-electron chi connectivity index (χ2n) is 4.33. The maximum atomic E-state index is 6.35. The maximum absolute atomic E-state index is 6.35. The Balaban J connectivity index is 2.08. The minimum atomic E-state index is -0.114. The molecule has 82 valence electrons. The predicted molar refractivity (Wildman–Crippen MR) is 65.0 cm³/mol. The lowest BCUT2D eigenvalue weighted by Crippen LogP contribution is -2.32. The molecule has 15 heavy (non-hydrogen) atoms. The Labute approximate surface area is 95.2 Å². The first-order chi connectivity index (χ1) is 7.24. The van der Waals surface area contributed by atoms with E-state index in [9.17, 15) is 0 Å². The van der Waals surface area contributed by atoms with E-state index in [1.54, 1.807) is 11.3 Å². The molecule has 0 atom stereocenters. The minimum absolute atomic E-state index is 0.114. The van der Waals surface area contributed by atoms with Gasteiger partial charge in [0.1, 0.15) is 5.01 Å². The molecule has 0 unspecified atom stereocenters. The zero-order chi connectivity index (χ0) is 10.7. The molecule has 1 aromatic rings. The van der Waals surface area contributed by atoms with E-state index in [0.29, 0.717) is 0 Å². The van der Waals surface area contributed by atoms with E-state index in [2.05, 4.69) is 16.9 Å². The third-order valence-electron chi connectivity index (χ3n) is 3.08. The van der Waals surface area contributed by atoms with Crippen molar-refractivity contribution in [2.24, 2.45) is 5.73 Å². The Morgan fingerprint density at radius 1 is 1.53 bits per heavy atom. The molecule has 1 aliphatic rings. The van der Waals surface area contributed by atoms with Crippen LogP contribution < -0.4 is 5.73 Å². The summed E-state index contributed by atoms with van der Waals surface area (Å²) < 4.78 is 0. The number of hydrogen-bond donors (Lipinski definition) is 1. The fourth-order valence-corrected chi connectivity index (χ4v) is 3.15. The van der Waals surface area contributed by atoms with E-state index >= 15 is 0 Å². The van der Waals surface area contributed by atoms with Crippen LogP contribution in [0.4, 0.5) is 0 Å². The van der Waals surface area contributed by atoms with E-state index in [0.717, 1.165) is 30.7 Å². The summed E-state index contributed by atoms with van der Waals surface area (Å²) in [5.74, 6) is 0. The first-order valence-electron chi connectivity index (χ1n) is 5.59. The van der Waals surface area contributed by atoms with Crippen molar-refractivity contribution in [1.29, 1.82) is 0 Å². The lowest BCUT2D eigenvalue weighted by atomic mass is 10.0. The molecule has 2 nitrogen and oxygen atoms in total. The minimum Gasteiger partial charge on any atom is -0.319 e. The first-order valence-corrected chi connectivity index (χ1v) is 6.47. The van der Waals surface area contributed by atoms with Crippen LogP contribution in [-0.4, -0.2) is 4.98 Å². The van der Waals surface area contributed by atoms with Gasteiger partial charge in [-0.3, -0.25) is 0 Å². The molecule has 0 bridgehead atoms. The zero-order valence-electron chi connectivity index (χ0n) is 9.04. The Morgan fingerprint density at radius 3 is 2.93 bits per heavy atom. The van der Waals surface area contributed by atoms with Gasteiger partial charge in [-0.05, 0) is 25.7 Å². The van der Waals surface area contributed by atoms with Crippen molar-refractivity contribution in [2.75, 3.05) is 0 Å². The highest BCUT2D eigenvalue weighted by atomic mass is 32.1. The molecule has 0 spiro atoms. The number of hydrogen-bond acceptors (Lipinski definition) is 3. The van der Waals surface area contributed by atoms with E-state index in [1.165, 1.54) is 18.5 Å². The van der Waals surface area contributed by atoms with Crippen molar-refractivity contribution in [3.8, 4) is 0 Å². The summed E-state index contributed by atoms with van der Waals surface area (Å²) in [6, 6.07) is 0. The molecule has 1 saturated carbocycles. The van der Waals surface area contributed by atoms with Crippen LogP contribution in [0, 0.1) is 0 Å². The van der Waals surface area contributed by atoms with Crippen molar-refractivity contribution in [3.05, 3.63) is 28.7 Å². The summed E-state index contributed by atoms with van der Waals surface area (Å²) in [6.45, 7) is 3.72. The Kier molecular flexibility index (Phi) is 3.22. The van der Waals surface area contributed by atoms with Crippen molar-refractivity contribution >= 4 is 11.3 Å². The molecule has 3 heteroatoms. The van der Waals surface area contributed by atoms with E-state index in [1.807, 2.05) is 6.08 Å². The van der Waals surface area contributed by atoms with Gasteiger partial charge in [0.25, 0.3) is 0 Å². The van der Waals surface area contributed by atoms with Gasteiger partial charge in [-0.1, -0.05) is 18.9 Å². The zero-order valence-corrected chi connectivity index (χ0v) is 9.85. The highest BCUT2D eigenvalue weighted by molar-refractivity contribution is 7.09. The van der Waals surface area contributed by atoms with Crippen LogP contribution in [0.2, 0.25) is 0 Å². The van der Waals surface area contributed by atoms with Gasteiger partial charge in [-0.2, -0.15) is 0 Å². The molecule has 1 fully saturated rings. The van der Waals surface area contributed by atoms with Gasteiger partial charge >= 0.3 is 0 Å². The molecule has 2 N–H and O–H groups in total. The number of thiazole rings is 1. The Bertz CT molecular complexity index is 337. The van der Waals surface area contributed by atoms with Crippen LogP contribution in [0.25, 0.3) is 0 Å². The number of aryl methyl sites for hydroxylation is 1. The number of rotatable bonds is 4. The smallest absolute Gasteiger partial charge is 0.113 e. The molecular formula is C12H18N2S. The topological polar surface area (TPSA) is 38.9 Å². The second-order valence-corrected chi connectivity index (χ2v) is 5.19. The van der Waals surface area contributed by atoms with Gasteiger partial charge in [0.2, 0.25) is 0 Å². The second kappa shape index (κ2) is 4.45. The number of aromatic nitrogens is 1. The fourth-order valence-electron chi connectivity index (χ4n) is 2.12. The third kappa shape index (κ3) is 2.29. The van der Waals surface area contributed by atoms with Crippen LogP contribution in [0.15, 0.2) is 18.0 Å². The lowest BCUT2D eigenvalue weighted by Gasteiger charge is -2.19. The highest BCUT2D eigenvalue weighted by Gasteiger charge is 2.33. The molecule has 1 aromatic heterocycles. The standard InChI is InChI=1S/C12H18N2S/c1-2-3-6-10-9-15-11(14-10)12(13)7-4-5-8-12/h2,9H,1,3-8,13H2. The van der Waals surface area contributed by atoms with Crippen molar-refractivity contribution in [2.45, 2.75) is 44.1 Å². The Morgan fingerprint density at radius 2 is 2.27 bits per heavy atom. The molecule has 0 radical (unpaired) electrons. The van der Waals surface area contributed by atoms with Crippen LogP contribution in [0.5, 0.6) is 0 Å². The van der Waals surface area contributed by atoms with Gasteiger partial charge in [-0.15, -0.1) is 17.9 Å². The van der Waals surface area contributed by atoms with Crippen LogP contribution in [0.1, 0.15) is 42.8 Å². The largest absolute Gasteiger partial charge is 0.319 e. The summed E-state index contributed by atoms with van der Waals surface area (Å²) >= 11 is 1.73. The van der Waals surface area contributed by atoms with Crippen LogP contribution in [-0.2, 0) is 12.0 Å². The molecule has 0 aromatic carbocycles. The summed E-state index contributed by atoms with van der Waals surface area (Å²) in [6.07, 6.45) is 8.63. The van der Waals surface area contributed by atoms with E-state index in [4.69, 9.17) is 5.73 Å². The molecule has 1 aliphatic carbocycles. The highest BCUT2D eigenvalue weighted by Crippen LogP contribution is 2.37. The van der Waals surface area contributed by atoms with Gasteiger partial charge in [0.15, 0.2) is 0 Å². The predicted octanol–water partition coefficient (Wildman–Crippen LogP) is 2.99. The number of allylic oxidation sites excluding steroid dienone is 1. The maximum Gasteiger partial charge on any atom is 0.113 e. The normalized spacial score (nSPS) is 19.3. The van der Waals surface area contributed by atoms with Gasteiger partial charge < -0.3 is 5.73 Å². The molecule has 0 aliphatic heterocycles. The molecule has 2 rings (SSSR count). The first kappa shape index (κ1) is 10.8. The Hall–Kier alpha value is -0.670. The van der Waals surface area contributed by atoms with Crippen molar-refractivity contribution in [1.82, 2.24) is 4.98 Å². The molecular weight excluding hydrogens is 204 g/mol. The molecule has 1 heterocycles. The number of nitrogens with two attached hydrogens (primary N) is 1. The van der Waals surface area contributed by atoms with Crippen LogP contribution >= 0.6 is 11.3 Å².